The normalized spacial score (nSPS) is 17.8. The van der Waals surface area contributed by atoms with E-state index < -0.39 is 6.10 Å². The molecule has 0 bridgehead atoms. The molecule has 21 heavy (non-hydrogen) atoms. The van der Waals surface area contributed by atoms with E-state index in [9.17, 15) is 15.2 Å². The summed E-state index contributed by atoms with van der Waals surface area (Å²) < 4.78 is 0. The van der Waals surface area contributed by atoms with Gasteiger partial charge < -0.3 is 10.0 Å². The summed E-state index contributed by atoms with van der Waals surface area (Å²) in [7, 11) is 0. The van der Waals surface area contributed by atoms with E-state index in [4.69, 9.17) is 0 Å². The zero-order chi connectivity index (χ0) is 15.4. The number of anilines is 1. The third-order valence-electron chi connectivity index (χ3n) is 4.33. The first-order valence-corrected chi connectivity index (χ1v) is 7.74. The number of aliphatic hydroxyl groups is 1. The second-order valence-corrected chi connectivity index (χ2v) is 5.90. The first-order chi connectivity index (χ1) is 10.0. The Labute approximate surface area is 125 Å². The third-order valence-corrected chi connectivity index (χ3v) is 4.33. The molecule has 0 aliphatic carbocycles. The van der Waals surface area contributed by atoms with Gasteiger partial charge in [-0.2, -0.15) is 0 Å². The van der Waals surface area contributed by atoms with Gasteiger partial charge in [-0.25, -0.2) is 0 Å². The Hall–Kier alpha value is -1.62. The fourth-order valence-electron chi connectivity index (χ4n) is 3.08. The molecule has 5 heteroatoms. The molecular formula is C16H24N2O3. The maximum absolute atomic E-state index is 11.3. The van der Waals surface area contributed by atoms with Crippen LogP contribution in [0.25, 0.3) is 0 Å². The number of hydrogen-bond acceptors (Lipinski definition) is 4. The highest BCUT2D eigenvalue weighted by atomic mass is 16.6. The van der Waals surface area contributed by atoms with Crippen molar-refractivity contribution in [2.24, 2.45) is 5.92 Å². The van der Waals surface area contributed by atoms with E-state index in [2.05, 4.69) is 11.8 Å². The molecule has 1 aromatic rings. The van der Waals surface area contributed by atoms with Gasteiger partial charge in [0.2, 0.25) is 0 Å². The van der Waals surface area contributed by atoms with Crippen LogP contribution in [0.1, 0.15) is 51.2 Å². The molecule has 1 heterocycles. The lowest BCUT2D eigenvalue weighted by molar-refractivity contribution is -0.384. The van der Waals surface area contributed by atoms with Gasteiger partial charge in [0, 0.05) is 19.2 Å². The molecule has 0 spiro atoms. The van der Waals surface area contributed by atoms with Gasteiger partial charge in [-0.15, -0.1) is 0 Å². The Morgan fingerprint density at radius 2 is 2.10 bits per heavy atom. The maximum atomic E-state index is 11.3. The Balaban J connectivity index is 2.18. The van der Waals surface area contributed by atoms with E-state index in [1.54, 1.807) is 19.1 Å². The second kappa shape index (κ2) is 6.89. The summed E-state index contributed by atoms with van der Waals surface area (Å²) in [6, 6.07) is 5.06. The number of rotatable bonds is 5. The average Bonchev–Trinajstić information content (AvgIpc) is 2.47. The minimum Gasteiger partial charge on any atom is -0.389 e. The number of piperidine rings is 1. The highest BCUT2D eigenvalue weighted by Crippen LogP contribution is 2.34. The van der Waals surface area contributed by atoms with Crippen LogP contribution in [-0.4, -0.2) is 23.1 Å². The minimum atomic E-state index is -0.687. The second-order valence-electron chi connectivity index (χ2n) is 5.90. The van der Waals surface area contributed by atoms with Crippen LogP contribution < -0.4 is 4.90 Å². The van der Waals surface area contributed by atoms with Crippen molar-refractivity contribution in [1.82, 2.24) is 0 Å². The summed E-state index contributed by atoms with van der Waals surface area (Å²) in [4.78, 5) is 13.1. The van der Waals surface area contributed by atoms with Crippen molar-refractivity contribution in [2.45, 2.75) is 45.6 Å². The lowest BCUT2D eigenvalue weighted by Crippen LogP contribution is -2.34. The monoisotopic (exact) mass is 292 g/mol. The van der Waals surface area contributed by atoms with Gasteiger partial charge in [-0.1, -0.05) is 25.8 Å². The molecule has 0 radical (unpaired) electrons. The molecule has 0 amide bonds. The van der Waals surface area contributed by atoms with Crippen LogP contribution in [0.4, 0.5) is 11.4 Å². The molecule has 1 aliphatic rings. The SMILES string of the molecule is CCCC1CCN(c2ccc([C@H](C)O)cc2[N+](=O)[O-])CC1. The number of aliphatic hydroxyl groups excluding tert-OH is 1. The molecule has 2 rings (SSSR count). The lowest BCUT2D eigenvalue weighted by Gasteiger charge is -2.33. The quantitative estimate of drug-likeness (QED) is 0.664. The van der Waals surface area contributed by atoms with Crippen molar-refractivity contribution >= 4 is 11.4 Å². The fraction of sp³-hybridized carbons (Fsp3) is 0.625. The standard InChI is InChI=1S/C16H24N2O3/c1-3-4-13-7-9-17(10-8-13)15-6-5-14(12(2)19)11-16(15)18(20)21/h5-6,11-13,19H,3-4,7-10H2,1-2H3/t12-/m0/s1. The predicted molar refractivity (Wildman–Crippen MR) is 83.6 cm³/mol. The molecule has 1 aromatic carbocycles. The zero-order valence-electron chi connectivity index (χ0n) is 12.8. The number of nitro groups is 1. The summed E-state index contributed by atoms with van der Waals surface area (Å²) in [5, 5.41) is 20.9. The summed E-state index contributed by atoms with van der Waals surface area (Å²) >= 11 is 0. The van der Waals surface area contributed by atoms with Crippen LogP contribution >= 0.6 is 0 Å². The van der Waals surface area contributed by atoms with E-state index in [0.717, 1.165) is 31.8 Å². The van der Waals surface area contributed by atoms with Crippen LogP contribution in [0.2, 0.25) is 0 Å². The van der Waals surface area contributed by atoms with Crippen molar-refractivity contribution in [2.75, 3.05) is 18.0 Å². The average molecular weight is 292 g/mol. The Morgan fingerprint density at radius 3 is 2.62 bits per heavy atom. The highest BCUT2D eigenvalue weighted by Gasteiger charge is 2.25. The summed E-state index contributed by atoms with van der Waals surface area (Å²) in [6.07, 6.45) is 3.96. The molecule has 0 saturated carbocycles. The molecule has 0 aromatic heterocycles. The third kappa shape index (κ3) is 3.73. The van der Waals surface area contributed by atoms with Crippen LogP contribution in [-0.2, 0) is 0 Å². The zero-order valence-corrected chi connectivity index (χ0v) is 12.8. The number of benzene rings is 1. The van der Waals surface area contributed by atoms with Crippen LogP contribution in [0.5, 0.6) is 0 Å². The predicted octanol–water partition coefficient (Wildman–Crippen LogP) is 3.66. The van der Waals surface area contributed by atoms with Crippen molar-refractivity contribution in [3.8, 4) is 0 Å². The summed E-state index contributed by atoms with van der Waals surface area (Å²) in [5.41, 5.74) is 1.37. The molecule has 1 aliphatic heterocycles. The van der Waals surface area contributed by atoms with Gasteiger partial charge in [0.1, 0.15) is 5.69 Å². The van der Waals surface area contributed by atoms with E-state index in [-0.39, 0.29) is 10.6 Å². The Bertz CT molecular complexity index is 494. The van der Waals surface area contributed by atoms with Crippen molar-refractivity contribution in [3.63, 3.8) is 0 Å². The number of hydrogen-bond donors (Lipinski definition) is 1. The summed E-state index contributed by atoms with van der Waals surface area (Å²) in [6.45, 7) is 5.57. The van der Waals surface area contributed by atoms with E-state index >= 15 is 0 Å². The van der Waals surface area contributed by atoms with Crippen LogP contribution in [0.3, 0.4) is 0 Å². The van der Waals surface area contributed by atoms with Crippen LogP contribution in [0.15, 0.2) is 18.2 Å². The van der Waals surface area contributed by atoms with Crippen molar-refractivity contribution in [1.29, 1.82) is 0 Å². The largest absolute Gasteiger partial charge is 0.389 e. The molecule has 5 nitrogen and oxygen atoms in total. The van der Waals surface area contributed by atoms with Gasteiger partial charge in [0.15, 0.2) is 0 Å². The summed E-state index contributed by atoms with van der Waals surface area (Å²) in [5.74, 6) is 0.752. The smallest absolute Gasteiger partial charge is 0.292 e. The van der Waals surface area contributed by atoms with Gasteiger partial charge in [0.05, 0.1) is 11.0 Å². The topological polar surface area (TPSA) is 66.6 Å². The number of nitrogens with zero attached hydrogens (tertiary/aromatic N) is 2. The maximum Gasteiger partial charge on any atom is 0.292 e. The molecule has 116 valence electrons. The van der Waals surface area contributed by atoms with E-state index in [1.807, 2.05) is 0 Å². The molecule has 1 fully saturated rings. The van der Waals surface area contributed by atoms with Gasteiger partial charge in [0.25, 0.3) is 5.69 Å². The molecule has 0 unspecified atom stereocenters. The Morgan fingerprint density at radius 1 is 1.43 bits per heavy atom. The molecule has 1 atom stereocenters. The number of nitro benzene ring substituents is 1. The highest BCUT2D eigenvalue weighted by molar-refractivity contribution is 5.64. The van der Waals surface area contributed by atoms with Crippen LogP contribution in [0, 0.1) is 16.0 Å². The van der Waals surface area contributed by atoms with Crippen molar-refractivity contribution < 1.29 is 10.0 Å². The first-order valence-electron chi connectivity index (χ1n) is 7.74. The van der Waals surface area contributed by atoms with Gasteiger partial charge in [-0.3, -0.25) is 10.1 Å². The fourth-order valence-corrected chi connectivity index (χ4v) is 3.08. The van der Waals surface area contributed by atoms with E-state index in [0.29, 0.717) is 11.3 Å². The van der Waals surface area contributed by atoms with E-state index in [1.165, 1.54) is 18.9 Å². The van der Waals surface area contributed by atoms with Gasteiger partial charge in [-0.05, 0) is 37.3 Å². The molecular weight excluding hydrogens is 268 g/mol. The minimum absolute atomic E-state index is 0.0994. The molecule has 1 N–H and O–H groups in total. The molecule has 1 saturated heterocycles. The first kappa shape index (κ1) is 15.8. The van der Waals surface area contributed by atoms with Gasteiger partial charge >= 0.3 is 0 Å². The van der Waals surface area contributed by atoms with Crippen molar-refractivity contribution in [3.05, 3.63) is 33.9 Å². The Kier molecular flexibility index (Phi) is 5.17. The lowest BCUT2D eigenvalue weighted by atomic mass is 9.92.